The van der Waals surface area contributed by atoms with Gasteiger partial charge in [-0.05, 0) is 24.3 Å². The maximum atomic E-state index is 10.4. The molecule has 0 aromatic carbocycles. The van der Waals surface area contributed by atoms with Crippen LogP contribution in [-0.2, 0) is 0 Å². The fourth-order valence-electron chi connectivity index (χ4n) is 1.69. The third-order valence-corrected chi connectivity index (χ3v) is 2.43. The zero-order valence-corrected chi connectivity index (χ0v) is 7.72. The minimum Gasteiger partial charge on any atom is -0.358 e. The van der Waals surface area contributed by atoms with Crippen molar-refractivity contribution in [1.82, 2.24) is 15.1 Å². The van der Waals surface area contributed by atoms with Crippen molar-refractivity contribution in [1.29, 1.82) is 0 Å². The largest absolute Gasteiger partial charge is 0.389 e. The first-order valence-corrected chi connectivity index (χ1v) is 4.67. The summed E-state index contributed by atoms with van der Waals surface area (Å²) in [5.41, 5.74) is 0. The summed E-state index contributed by atoms with van der Waals surface area (Å²) in [5.74, 6) is -0.0735. The van der Waals surface area contributed by atoms with Crippen LogP contribution in [0.1, 0.15) is 18.9 Å². The van der Waals surface area contributed by atoms with Crippen molar-refractivity contribution in [2.45, 2.75) is 18.9 Å². The average Bonchev–Trinajstić information content (AvgIpc) is 2.68. The lowest BCUT2D eigenvalue weighted by Gasteiger charge is -2.20. The van der Waals surface area contributed by atoms with Gasteiger partial charge in [-0.25, -0.2) is 0 Å². The van der Waals surface area contributed by atoms with Crippen LogP contribution in [0, 0.1) is 10.1 Å². The quantitative estimate of drug-likeness (QED) is 0.558. The molecule has 0 radical (unpaired) electrons. The standard InChI is InChI=1S/C8H12N4O2/c13-12(14)8-3-5-11(10-8)7-2-1-4-9-6-7/h3,5,7,9H,1-2,4,6H2. The molecule has 14 heavy (non-hydrogen) atoms. The smallest absolute Gasteiger partial charge is 0.358 e. The number of rotatable bonds is 2. The van der Waals surface area contributed by atoms with Crippen LogP contribution >= 0.6 is 0 Å². The number of nitro groups is 1. The fourth-order valence-corrected chi connectivity index (χ4v) is 1.69. The van der Waals surface area contributed by atoms with E-state index in [0.29, 0.717) is 0 Å². The Kier molecular flexibility index (Phi) is 2.45. The lowest BCUT2D eigenvalue weighted by molar-refractivity contribution is -0.389. The molecule has 1 aromatic rings. The zero-order chi connectivity index (χ0) is 9.97. The Hall–Kier alpha value is -1.43. The number of hydrogen-bond acceptors (Lipinski definition) is 4. The molecular formula is C8H12N4O2. The van der Waals surface area contributed by atoms with E-state index in [-0.39, 0.29) is 11.9 Å². The van der Waals surface area contributed by atoms with Crippen LogP contribution in [0.2, 0.25) is 0 Å². The zero-order valence-electron chi connectivity index (χ0n) is 7.72. The molecule has 1 fully saturated rings. The van der Waals surface area contributed by atoms with Crippen molar-refractivity contribution in [3.05, 3.63) is 22.4 Å². The number of nitrogens with one attached hydrogen (secondary N) is 1. The van der Waals surface area contributed by atoms with E-state index >= 15 is 0 Å². The Morgan fingerprint density at radius 3 is 3.14 bits per heavy atom. The van der Waals surface area contributed by atoms with Gasteiger partial charge in [0, 0.05) is 6.54 Å². The van der Waals surface area contributed by atoms with Crippen molar-refractivity contribution < 1.29 is 4.92 Å². The molecule has 2 heterocycles. The fraction of sp³-hybridized carbons (Fsp3) is 0.625. The van der Waals surface area contributed by atoms with Gasteiger partial charge in [0.15, 0.2) is 0 Å². The van der Waals surface area contributed by atoms with Gasteiger partial charge in [0.05, 0.1) is 23.4 Å². The Bertz CT molecular complexity index is 330. The van der Waals surface area contributed by atoms with Crippen molar-refractivity contribution >= 4 is 5.82 Å². The van der Waals surface area contributed by atoms with Gasteiger partial charge in [-0.1, -0.05) is 0 Å². The van der Waals surface area contributed by atoms with E-state index < -0.39 is 4.92 Å². The highest BCUT2D eigenvalue weighted by molar-refractivity contribution is 5.14. The van der Waals surface area contributed by atoms with E-state index in [2.05, 4.69) is 10.4 Å². The Morgan fingerprint density at radius 2 is 2.57 bits per heavy atom. The monoisotopic (exact) mass is 196 g/mol. The number of hydrogen-bond donors (Lipinski definition) is 1. The van der Waals surface area contributed by atoms with Gasteiger partial charge >= 0.3 is 5.82 Å². The average molecular weight is 196 g/mol. The molecule has 0 aliphatic carbocycles. The molecule has 0 saturated carbocycles. The molecule has 0 amide bonds. The second kappa shape index (κ2) is 3.75. The molecule has 1 aromatic heterocycles. The summed E-state index contributed by atoms with van der Waals surface area (Å²) in [4.78, 5) is 9.95. The molecule has 6 nitrogen and oxygen atoms in total. The van der Waals surface area contributed by atoms with Crippen LogP contribution in [0.5, 0.6) is 0 Å². The SMILES string of the molecule is O=[N+]([O-])c1ccn(C2CCCNC2)n1. The molecular weight excluding hydrogens is 184 g/mol. The number of nitrogens with zero attached hydrogens (tertiary/aromatic N) is 3. The molecule has 1 aliphatic rings. The van der Waals surface area contributed by atoms with Crippen LogP contribution in [0.3, 0.4) is 0 Å². The third kappa shape index (κ3) is 1.74. The molecule has 0 bridgehead atoms. The minimum absolute atomic E-state index is 0.0735. The van der Waals surface area contributed by atoms with E-state index in [0.717, 1.165) is 25.9 Å². The third-order valence-electron chi connectivity index (χ3n) is 2.43. The first kappa shape index (κ1) is 9.14. The van der Waals surface area contributed by atoms with Gasteiger partial charge in [0.2, 0.25) is 0 Å². The lowest BCUT2D eigenvalue weighted by atomic mass is 10.1. The first-order valence-electron chi connectivity index (χ1n) is 4.67. The Labute approximate surface area is 81.1 Å². The van der Waals surface area contributed by atoms with Gasteiger partial charge in [0.25, 0.3) is 0 Å². The van der Waals surface area contributed by atoms with Gasteiger partial charge in [0.1, 0.15) is 0 Å². The van der Waals surface area contributed by atoms with Gasteiger partial charge in [-0.15, -0.1) is 0 Å². The molecule has 2 rings (SSSR count). The van der Waals surface area contributed by atoms with Crippen LogP contribution in [-0.4, -0.2) is 27.8 Å². The number of aromatic nitrogens is 2. The van der Waals surface area contributed by atoms with Crippen LogP contribution in [0.4, 0.5) is 5.82 Å². The molecule has 76 valence electrons. The normalized spacial score (nSPS) is 22.1. The topological polar surface area (TPSA) is 73.0 Å². The molecule has 1 saturated heterocycles. The van der Waals surface area contributed by atoms with Crippen LogP contribution in [0.15, 0.2) is 12.3 Å². The highest BCUT2D eigenvalue weighted by Crippen LogP contribution is 2.17. The summed E-state index contributed by atoms with van der Waals surface area (Å²) in [7, 11) is 0. The molecule has 1 unspecified atom stereocenters. The van der Waals surface area contributed by atoms with E-state index in [1.54, 1.807) is 10.9 Å². The maximum Gasteiger partial charge on any atom is 0.389 e. The highest BCUT2D eigenvalue weighted by atomic mass is 16.6. The second-order valence-corrected chi connectivity index (χ2v) is 3.41. The van der Waals surface area contributed by atoms with Crippen molar-refractivity contribution in [2.75, 3.05) is 13.1 Å². The van der Waals surface area contributed by atoms with E-state index in [4.69, 9.17) is 0 Å². The molecule has 1 atom stereocenters. The summed E-state index contributed by atoms with van der Waals surface area (Å²) in [6.45, 7) is 1.87. The van der Waals surface area contributed by atoms with Gasteiger partial charge in [-0.3, -0.25) is 0 Å². The first-order chi connectivity index (χ1) is 6.77. The molecule has 1 aliphatic heterocycles. The predicted molar refractivity (Wildman–Crippen MR) is 50.0 cm³/mol. The van der Waals surface area contributed by atoms with E-state index in [1.165, 1.54) is 6.07 Å². The Balaban J connectivity index is 2.11. The number of piperidine rings is 1. The summed E-state index contributed by atoms with van der Waals surface area (Å²) < 4.78 is 1.68. The summed E-state index contributed by atoms with van der Waals surface area (Å²) in [5, 5.41) is 17.6. The van der Waals surface area contributed by atoms with E-state index in [9.17, 15) is 10.1 Å². The molecule has 6 heteroatoms. The van der Waals surface area contributed by atoms with Crippen molar-refractivity contribution in [3.63, 3.8) is 0 Å². The maximum absolute atomic E-state index is 10.4. The van der Waals surface area contributed by atoms with Crippen molar-refractivity contribution in [3.8, 4) is 0 Å². The van der Waals surface area contributed by atoms with Gasteiger partial charge in [-0.2, -0.15) is 4.68 Å². The predicted octanol–water partition coefficient (Wildman–Crippen LogP) is 0.716. The minimum atomic E-state index is -0.466. The second-order valence-electron chi connectivity index (χ2n) is 3.41. The summed E-state index contributed by atoms with van der Waals surface area (Å²) in [6, 6.07) is 1.70. The van der Waals surface area contributed by atoms with Gasteiger partial charge < -0.3 is 15.4 Å². The summed E-state index contributed by atoms with van der Waals surface area (Å²) in [6.07, 6.45) is 3.81. The molecule has 1 N–H and O–H groups in total. The van der Waals surface area contributed by atoms with Crippen molar-refractivity contribution in [2.24, 2.45) is 0 Å². The highest BCUT2D eigenvalue weighted by Gasteiger charge is 2.20. The van der Waals surface area contributed by atoms with Crippen LogP contribution in [0.25, 0.3) is 0 Å². The van der Waals surface area contributed by atoms with Crippen LogP contribution < -0.4 is 5.32 Å². The molecule has 0 spiro atoms. The van der Waals surface area contributed by atoms with E-state index in [1.807, 2.05) is 0 Å². The summed E-state index contributed by atoms with van der Waals surface area (Å²) >= 11 is 0. The lowest BCUT2D eigenvalue weighted by Crippen LogP contribution is -2.31. The Morgan fingerprint density at radius 1 is 1.71 bits per heavy atom.